The van der Waals surface area contributed by atoms with E-state index in [-0.39, 0.29) is 57.1 Å². The van der Waals surface area contributed by atoms with Gasteiger partial charge in [-0.3, -0.25) is 9.88 Å². The number of carbonyl (C=O) groups excluding carboxylic acids is 1. The molecule has 2 aliphatic carbocycles. The van der Waals surface area contributed by atoms with Crippen LogP contribution in [0.25, 0.3) is 10.8 Å². The van der Waals surface area contributed by atoms with Crippen molar-refractivity contribution in [1.82, 2.24) is 9.88 Å². The summed E-state index contributed by atoms with van der Waals surface area (Å²) in [6, 6.07) is 25.4. The van der Waals surface area contributed by atoms with Gasteiger partial charge in [0.15, 0.2) is 0 Å². The van der Waals surface area contributed by atoms with E-state index in [4.69, 9.17) is 28.9 Å². The van der Waals surface area contributed by atoms with Crippen molar-refractivity contribution >= 4 is 22.6 Å². The molecule has 1 amide bonds. The van der Waals surface area contributed by atoms with E-state index in [1.165, 1.54) is 0 Å². The van der Waals surface area contributed by atoms with Gasteiger partial charge in [0.25, 0.3) is 0 Å². The molecule has 1 fully saturated rings. The minimum atomic E-state index is -1.44. The summed E-state index contributed by atoms with van der Waals surface area (Å²) < 4.78 is 27.1. The molecule has 1 aromatic heterocycles. The normalized spacial score (nSPS) is 22.9. The number of allylic oxidation sites excluding steroid dienone is 1. The Morgan fingerprint density at radius 1 is 0.984 bits per heavy atom. The predicted molar refractivity (Wildman–Crippen MR) is 246 cm³/mol. The molecule has 0 radical (unpaired) electrons. The molecule has 0 spiro atoms. The number of fused-ring (bicyclic) bond motifs is 3. The maximum atomic E-state index is 14.8. The lowest BCUT2D eigenvalue weighted by atomic mass is 9.55. The molecule has 1 saturated carbocycles. The van der Waals surface area contributed by atoms with Gasteiger partial charge in [-0.05, 0) is 110 Å². The Hall–Kier alpha value is -5.49. The van der Waals surface area contributed by atoms with Gasteiger partial charge in [0.05, 0.1) is 37.1 Å². The summed E-state index contributed by atoms with van der Waals surface area (Å²) in [4.78, 5) is 27.2. The third-order valence-electron chi connectivity index (χ3n) is 12.7. The lowest BCUT2D eigenvalue weighted by Crippen LogP contribution is -2.70. The Kier molecular flexibility index (Phi) is 15.7. The zero-order valence-electron chi connectivity index (χ0n) is 36.8. The third-order valence-corrected chi connectivity index (χ3v) is 12.7. The summed E-state index contributed by atoms with van der Waals surface area (Å²) in [7, 11) is 0. The topological polar surface area (TPSA) is 132 Å². The van der Waals surface area contributed by atoms with Crippen LogP contribution in [0.5, 0.6) is 11.5 Å². The molecular formula is C52H63N3O8. The SMILES string of the molecule is C=CCCOC(=O)N(Cc1cccc2ccccc12)[C@H]1CC(=NOCC)C2=C[C@H](CCCCO)[C@@H](CCCCO)[C@@H]3c4cc(OCc5cccc(C)n5)ccc4O[C@@]1(OCC=C)[C@H]23. The molecule has 2 N–H and O–H groups in total. The summed E-state index contributed by atoms with van der Waals surface area (Å²) >= 11 is 0. The van der Waals surface area contributed by atoms with Crippen molar-refractivity contribution < 1.29 is 38.8 Å². The van der Waals surface area contributed by atoms with Crippen molar-refractivity contribution in [2.45, 2.75) is 96.1 Å². The number of benzene rings is 3. The minimum Gasteiger partial charge on any atom is -0.487 e. The molecule has 4 aromatic rings. The average Bonchev–Trinajstić information content (AvgIpc) is 3.30. The first kappa shape index (κ1) is 45.5. The Balaban J connectivity index is 1.44. The fraction of sp³-hybridized carbons (Fsp3) is 0.442. The number of aliphatic hydroxyl groups is 2. The molecule has 6 atom stereocenters. The van der Waals surface area contributed by atoms with E-state index >= 15 is 0 Å². The van der Waals surface area contributed by atoms with E-state index < -0.39 is 23.8 Å². The van der Waals surface area contributed by atoms with Gasteiger partial charge in [-0.2, -0.15) is 0 Å². The second-order valence-electron chi connectivity index (χ2n) is 16.7. The average molecular weight is 858 g/mol. The number of unbranched alkanes of at least 4 members (excludes halogenated alkanes) is 2. The molecule has 7 rings (SSSR count). The molecule has 0 bridgehead atoms. The van der Waals surface area contributed by atoms with Crippen LogP contribution in [-0.4, -0.2) is 76.8 Å². The summed E-state index contributed by atoms with van der Waals surface area (Å²) in [5.41, 5.74) is 5.36. The van der Waals surface area contributed by atoms with Crippen molar-refractivity contribution in [2.75, 3.05) is 33.0 Å². The van der Waals surface area contributed by atoms with Crippen LogP contribution in [0.1, 0.15) is 86.7 Å². The number of oxime groups is 1. The summed E-state index contributed by atoms with van der Waals surface area (Å²) in [6.07, 6.45) is 10.7. The first-order chi connectivity index (χ1) is 30.8. The number of pyridine rings is 1. The Bertz CT molecular complexity index is 2250. The standard InChI is InChI=1S/C52H63N3O8/c1-5-8-30-59-51(58)55(34-39-21-16-20-37-18-9-10-23-42(37)39)48-33-46(54-62-7-3)44-31-38(19-11-13-27-56)43(24-12-14-28-57)49-45-32-41(60-35-40-22-15-17-36(4)53-40)25-26-47(45)63-52(48,50(44)49)61-29-6-2/h5-6,9-10,15-18,20-23,25-26,31-32,38,43,48-50,56-57H,1-2,7-8,11-14,19,24,27-30,33-35H2,3-4H3/t38-,43+,48-,49+,50+,52+/m0/s1. The highest BCUT2D eigenvalue weighted by molar-refractivity contribution is 6.03. The van der Waals surface area contributed by atoms with Crippen LogP contribution in [0.15, 0.2) is 121 Å². The van der Waals surface area contributed by atoms with Crippen LogP contribution in [-0.2, 0) is 27.5 Å². The van der Waals surface area contributed by atoms with Gasteiger partial charge in [-0.15, -0.1) is 13.2 Å². The van der Waals surface area contributed by atoms with Crippen LogP contribution in [0.4, 0.5) is 4.79 Å². The van der Waals surface area contributed by atoms with Crippen LogP contribution in [0.3, 0.4) is 0 Å². The lowest BCUT2D eigenvalue weighted by Gasteiger charge is -2.59. The highest BCUT2D eigenvalue weighted by Gasteiger charge is 2.65. The highest BCUT2D eigenvalue weighted by Crippen LogP contribution is 2.62. The Morgan fingerprint density at radius 2 is 1.78 bits per heavy atom. The minimum absolute atomic E-state index is 0.0604. The van der Waals surface area contributed by atoms with Crippen molar-refractivity contribution in [3.63, 3.8) is 0 Å². The lowest BCUT2D eigenvalue weighted by molar-refractivity contribution is -0.256. The second-order valence-corrected chi connectivity index (χ2v) is 16.7. The van der Waals surface area contributed by atoms with Crippen LogP contribution < -0.4 is 9.47 Å². The fourth-order valence-corrected chi connectivity index (χ4v) is 9.95. The zero-order chi connectivity index (χ0) is 44.2. The quantitative estimate of drug-likeness (QED) is 0.0450. The van der Waals surface area contributed by atoms with Crippen molar-refractivity contribution in [2.24, 2.45) is 22.9 Å². The molecule has 63 heavy (non-hydrogen) atoms. The maximum Gasteiger partial charge on any atom is 0.410 e. The van der Waals surface area contributed by atoms with Crippen molar-refractivity contribution in [1.29, 1.82) is 0 Å². The molecule has 2 heterocycles. The number of ether oxygens (including phenoxy) is 4. The third kappa shape index (κ3) is 10.2. The molecule has 334 valence electrons. The molecular weight excluding hydrogens is 795 g/mol. The van der Waals surface area contributed by atoms with Crippen LogP contribution in [0.2, 0.25) is 0 Å². The van der Waals surface area contributed by atoms with E-state index in [2.05, 4.69) is 54.5 Å². The monoisotopic (exact) mass is 857 g/mol. The number of amides is 1. The molecule has 0 saturated heterocycles. The van der Waals surface area contributed by atoms with Gasteiger partial charge in [0.2, 0.25) is 5.79 Å². The summed E-state index contributed by atoms with van der Waals surface area (Å²) in [6.45, 7) is 13.2. The molecule has 11 nitrogen and oxygen atoms in total. The number of aliphatic hydroxyl groups excluding tert-OH is 2. The van der Waals surface area contributed by atoms with Gasteiger partial charge < -0.3 is 34.0 Å². The molecule has 3 aromatic carbocycles. The van der Waals surface area contributed by atoms with Crippen molar-refractivity contribution in [3.05, 3.63) is 138 Å². The number of aromatic nitrogens is 1. The number of hydrogen-bond acceptors (Lipinski definition) is 10. The van der Waals surface area contributed by atoms with E-state index in [9.17, 15) is 15.0 Å². The van der Waals surface area contributed by atoms with E-state index in [0.29, 0.717) is 44.0 Å². The first-order valence-electron chi connectivity index (χ1n) is 22.6. The van der Waals surface area contributed by atoms with E-state index in [1.54, 1.807) is 17.1 Å². The van der Waals surface area contributed by atoms with Gasteiger partial charge in [-0.1, -0.05) is 84.8 Å². The zero-order valence-corrected chi connectivity index (χ0v) is 36.8. The van der Waals surface area contributed by atoms with Crippen LogP contribution >= 0.6 is 0 Å². The molecule has 0 unspecified atom stereocenters. The van der Waals surface area contributed by atoms with Gasteiger partial charge >= 0.3 is 6.09 Å². The number of carbonyl (C=O) groups is 1. The summed E-state index contributed by atoms with van der Waals surface area (Å²) in [5, 5.41) is 26.9. The van der Waals surface area contributed by atoms with E-state index in [1.807, 2.05) is 62.4 Å². The number of nitrogens with zero attached hydrogens (tertiary/aromatic N) is 3. The number of hydrogen-bond donors (Lipinski definition) is 2. The van der Waals surface area contributed by atoms with Gasteiger partial charge in [0, 0.05) is 36.8 Å². The molecule has 1 aliphatic heterocycles. The largest absolute Gasteiger partial charge is 0.487 e. The van der Waals surface area contributed by atoms with Gasteiger partial charge in [-0.25, -0.2) is 4.79 Å². The second kappa shape index (κ2) is 21.7. The Labute approximate surface area is 372 Å². The fourth-order valence-electron chi connectivity index (χ4n) is 9.95. The van der Waals surface area contributed by atoms with E-state index in [0.717, 1.165) is 70.3 Å². The Morgan fingerprint density at radius 3 is 2.56 bits per heavy atom. The summed E-state index contributed by atoms with van der Waals surface area (Å²) in [5.74, 6) is -0.641. The first-order valence-corrected chi connectivity index (χ1v) is 22.6. The predicted octanol–water partition coefficient (Wildman–Crippen LogP) is 9.99. The molecule has 11 heteroatoms. The number of rotatable bonds is 22. The van der Waals surface area contributed by atoms with Gasteiger partial charge in [0.1, 0.15) is 30.8 Å². The maximum absolute atomic E-state index is 14.8. The number of aryl methyl sites for hydroxylation is 1. The van der Waals surface area contributed by atoms with Crippen LogP contribution in [0, 0.1) is 24.7 Å². The molecule has 3 aliphatic rings. The van der Waals surface area contributed by atoms with Crippen molar-refractivity contribution in [3.8, 4) is 11.5 Å². The smallest absolute Gasteiger partial charge is 0.410 e. The highest BCUT2D eigenvalue weighted by atomic mass is 16.7.